The van der Waals surface area contributed by atoms with E-state index in [0.29, 0.717) is 0 Å². The SMILES string of the molecule is C=CC(=O)OCC(COC(=O)C=C)(COC(=O)C=C)COC(=O)CCC(=O)OCC(COc1ccc(C2(c3ccc(OCC(COC(=O)CCC(=O)OCC(COC(=O)C=C)(COC(=O)C=C)OC(=O)C=C)OC(=O)C4CC=CCC4C(=O)O)cc3)c3ccccc3-c3ccccc32)cc1)OC(=O)C1CC=CCC1C(=O)O. The summed E-state index contributed by atoms with van der Waals surface area (Å²) >= 11 is 0. The first kappa shape index (κ1) is 86.2. The van der Waals surface area contributed by atoms with Crippen molar-refractivity contribution in [1.82, 2.24) is 0 Å². The highest BCUT2D eigenvalue weighted by molar-refractivity contribution is 5.88. The molecule has 0 fully saturated rings. The van der Waals surface area contributed by atoms with Gasteiger partial charge in [0.15, 0.2) is 12.2 Å². The highest BCUT2D eigenvalue weighted by Crippen LogP contribution is 2.56. The summed E-state index contributed by atoms with van der Waals surface area (Å²) in [6.07, 6.45) is 6.45. The number of ether oxygens (including phenoxy) is 14. The number of fused-ring (bicyclic) bond motifs is 3. The Morgan fingerprint density at radius 1 is 0.375 bits per heavy atom. The van der Waals surface area contributed by atoms with Gasteiger partial charge in [0.2, 0.25) is 5.60 Å². The first-order chi connectivity index (χ1) is 53.7. The number of carbonyl (C=O) groups is 14. The number of allylic oxidation sites excluding steroid dienone is 4. The summed E-state index contributed by atoms with van der Waals surface area (Å²) in [5, 5.41) is 20.0. The third-order valence-corrected chi connectivity index (χ3v) is 17.9. The van der Waals surface area contributed by atoms with Gasteiger partial charge in [-0.15, -0.1) is 0 Å². The lowest BCUT2D eigenvalue weighted by atomic mass is 9.68. The van der Waals surface area contributed by atoms with Crippen LogP contribution in [0.2, 0.25) is 0 Å². The summed E-state index contributed by atoms with van der Waals surface area (Å²) < 4.78 is 76.8. The number of carboxylic acids is 2. The largest absolute Gasteiger partial charge is 0.490 e. The topological polar surface area (TPSA) is 409 Å². The van der Waals surface area contributed by atoms with E-state index >= 15 is 0 Å². The number of aliphatic carboxylic acids is 2. The van der Waals surface area contributed by atoms with Gasteiger partial charge in [-0.05, 0) is 83.3 Å². The van der Waals surface area contributed by atoms with E-state index in [-0.39, 0.29) is 37.2 Å². The molecular formula is C82H84O30. The lowest BCUT2D eigenvalue weighted by Crippen LogP contribution is -2.49. The molecule has 0 bridgehead atoms. The fourth-order valence-electron chi connectivity index (χ4n) is 12.0. The van der Waals surface area contributed by atoms with Gasteiger partial charge < -0.3 is 76.5 Å². The highest BCUT2D eigenvalue weighted by atomic mass is 16.6. The maximum atomic E-state index is 13.9. The van der Waals surface area contributed by atoms with Crippen LogP contribution in [-0.2, 0) is 129 Å². The first-order valence-electron chi connectivity index (χ1n) is 35.0. The number of benzene rings is 4. The fraction of sp³-hybridized carbons (Fsp3) is 0.341. The number of rotatable bonds is 45. The van der Waals surface area contributed by atoms with E-state index in [1.807, 2.05) is 72.8 Å². The van der Waals surface area contributed by atoms with Gasteiger partial charge in [0.05, 0.1) is 54.8 Å². The number of esters is 12. The average Bonchev–Trinajstić information content (AvgIpc) is 1.54. The molecule has 0 spiro atoms. The van der Waals surface area contributed by atoms with Crippen molar-refractivity contribution < 1.29 is 144 Å². The highest BCUT2D eigenvalue weighted by Gasteiger charge is 2.47. The average molecular weight is 1550 g/mol. The molecule has 0 radical (unpaired) electrons. The Hall–Kier alpha value is -13.0. The second-order valence-electron chi connectivity index (χ2n) is 25.7. The Kier molecular flexibility index (Phi) is 32.4. The molecule has 6 unspecified atom stereocenters. The van der Waals surface area contributed by atoms with Gasteiger partial charge in [-0.3, -0.25) is 38.4 Å². The zero-order chi connectivity index (χ0) is 81.4. The first-order valence-corrected chi connectivity index (χ1v) is 35.0. The molecule has 0 aliphatic heterocycles. The minimum atomic E-state index is -2.10. The molecule has 7 rings (SSSR count). The van der Waals surface area contributed by atoms with Crippen molar-refractivity contribution in [2.24, 2.45) is 29.1 Å². The van der Waals surface area contributed by atoms with E-state index in [2.05, 4.69) is 39.5 Å². The maximum absolute atomic E-state index is 13.9. The molecule has 30 nitrogen and oxygen atoms in total. The summed E-state index contributed by atoms with van der Waals surface area (Å²) in [5.41, 5.74) is 0.262. The van der Waals surface area contributed by atoms with Crippen LogP contribution >= 0.6 is 0 Å². The molecule has 0 heterocycles. The Balaban J connectivity index is 1.08. The summed E-state index contributed by atoms with van der Waals surface area (Å²) in [6.45, 7) is 12.8. The van der Waals surface area contributed by atoms with Crippen molar-refractivity contribution in [3.8, 4) is 22.6 Å². The van der Waals surface area contributed by atoms with Gasteiger partial charge in [-0.1, -0.05) is 137 Å². The monoisotopic (exact) mass is 1550 g/mol. The second kappa shape index (κ2) is 42.1. The Morgan fingerprint density at radius 3 is 1.03 bits per heavy atom. The molecule has 4 aromatic carbocycles. The Labute approximate surface area is 643 Å². The van der Waals surface area contributed by atoms with E-state index in [4.69, 9.17) is 66.3 Å². The van der Waals surface area contributed by atoms with Crippen LogP contribution in [0.4, 0.5) is 0 Å². The number of carbonyl (C=O) groups excluding carboxylic acids is 12. The summed E-state index contributed by atoms with van der Waals surface area (Å²) in [6, 6.07) is 29.6. The molecule has 4 aromatic rings. The lowest BCUT2D eigenvalue weighted by Gasteiger charge is -2.34. The van der Waals surface area contributed by atoms with Gasteiger partial charge in [0.1, 0.15) is 89.6 Å². The third-order valence-electron chi connectivity index (χ3n) is 17.9. The van der Waals surface area contributed by atoms with Crippen LogP contribution < -0.4 is 9.47 Å². The Bertz CT molecular complexity index is 4110. The zero-order valence-corrected chi connectivity index (χ0v) is 61.0. The Morgan fingerprint density at radius 2 is 0.679 bits per heavy atom. The van der Waals surface area contributed by atoms with Crippen molar-refractivity contribution in [2.45, 2.75) is 74.6 Å². The zero-order valence-electron chi connectivity index (χ0n) is 61.0. The van der Waals surface area contributed by atoms with Gasteiger partial charge in [-0.25, -0.2) is 28.8 Å². The van der Waals surface area contributed by atoms with Crippen molar-refractivity contribution in [1.29, 1.82) is 0 Å². The van der Waals surface area contributed by atoms with Crippen LogP contribution in [0.5, 0.6) is 11.5 Å². The standard InChI is InChI=1S/C82H84O30/c1-7-66(83)103-45-80(46-104-67(84)8-2,47-105-68(85)9-3)48-106-74(91)39-37-72(89)101-43-56(110-78(97)62-25-15-13-23-60(62)76(93)94)41-99-54-33-29-52(30-34-54)82(64-27-19-17-21-58(64)59-22-18-20-28-65(59)82)53-31-35-55(36-32-53)100-42-57(111-79(98)63-26-16-14-24-61(63)77(95)96)44-102-73(90)38-40-75(92)109-51-81(112-71(88)12-6,49-107-69(86)10-4)50-108-70(87)11-5/h7-22,27-36,56-57,60-63H,1-6,23-26,37-51H2,(H,93,94)(H,95,96). The second-order valence-corrected chi connectivity index (χ2v) is 25.7. The minimum Gasteiger partial charge on any atom is -0.490 e. The van der Waals surface area contributed by atoms with E-state index < -0.39 is 234 Å². The maximum Gasteiger partial charge on any atom is 0.331 e. The van der Waals surface area contributed by atoms with E-state index in [0.717, 1.165) is 69.8 Å². The molecule has 3 aliphatic rings. The molecule has 592 valence electrons. The molecule has 112 heavy (non-hydrogen) atoms. The normalized spacial score (nSPS) is 16.1. The molecule has 0 aromatic heterocycles. The van der Waals surface area contributed by atoms with Crippen molar-refractivity contribution >= 4 is 83.6 Å². The van der Waals surface area contributed by atoms with Crippen LogP contribution in [0, 0.1) is 29.1 Å². The van der Waals surface area contributed by atoms with Crippen molar-refractivity contribution in [3.05, 3.63) is 220 Å². The van der Waals surface area contributed by atoms with Crippen LogP contribution in [0.3, 0.4) is 0 Å². The summed E-state index contributed by atoms with van der Waals surface area (Å²) in [5.74, 6) is -18.1. The summed E-state index contributed by atoms with van der Waals surface area (Å²) in [4.78, 5) is 178. The predicted octanol–water partition coefficient (Wildman–Crippen LogP) is 7.80. The molecule has 6 atom stereocenters. The molecule has 0 saturated carbocycles. The summed E-state index contributed by atoms with van der Waals surface area (Å²) in [7, 11) is 0. The molecular weight excluding hydrogens is 1460 g/mol. The molecule has 30 heteroatoms. The molecule has 2 N–H and O–H groups in total. The van der Waals surface area contributed by atoms with Crippen LogP contribution in [0.15, 0.2) is 197 Å². The fourth-order valence-corrected chi connectivity index (χ4v) is 12.0. The minimum absolute atomic E-state index is 0.0342. The van der Waals surface area contributed by atoms with Crippen molar-refractivity contribution in [3.63, 3.8) is 0 Å². The quantitative estimate of drug-likeness (QED) is 0.0162. The molecule has 3 aliphatic carbocycles. The smallest absolute Gasteiger partial charge is 0.331 e. The van der Waals surface area contributed by atoms with Gasteiger partial charge in [0, 0.05) is 36.5 Å². The predicted molar refractivity (Wildman–Crippen MR) is 390 cm³/mol. The number of carboxylic acid groups (broad SMARTS) is 2. The number of hydrogen-bond acceptors (Lipinski definition) is 28. The van der Waals surface area contributed by atoms with E-state index in [9.17, 15) is 77.3 Å². The molecule has 0 saturated heterocycles. The lowest BCUT2D eigenvalue weighted by molar-refractivity contribution is -0.190. The van der Waals surface area contributed by atoms with E-state index in [1.165, 1.54) is 0 Å². The molecule has 0 amide bonds. The van der Waals surface area contributed by atoms with Gasteiger partial charge >= 0.3 is 83.6 Å². The third kappa shape index (κ3) is 24.2. The van der Waals surface area contributed by atoms with Gasteiger partial charge in [-0.2, -0.15) is 0 Å². The van der Waals surface area contributed by atoms with Crippen LogP contribution in [-0.4, -0.2) is 184 Å². The van der Waals surface area contributed by atoms with Crippen LogP contribution in [0.1, 0.15) is 73.6 Å². The number of hydrogen-bond donors (Lipinski definition) is 2. The van der Waals surface area contributed by atoms with Crippen molar-refractivity contribution in [2.75, 3.05) is 72.7 Å². The van der Waals surface area contributed by atoms with Gasteiger partial charge in [0.25, 0.3) is 0 Å². The van der Waals surface area contributed by atoms with E-state index in [1.54, 1.807) is 48.6 Å². The van der Waals surface area contributed by atoms with Crippen LogP contribution in [0.25, 0.3) is 11.1 Å².